The highest BCUT2D eigenvalue weighted by Crippen LogP contribution is 2.48. The molecule has 2 nitrogen and oxygen atoms in total. The average molecular weight is 245 g/mol. The molecule has 0 spiro atoms. The smallest absolute Gasteiger partial charge is 0.123 e. The highest BCUT2D eigenvalue weighted by Gasteiger charge is 2.40. The van der Waals surface area contributed by atoms with Gasteiger partial charge in [-0.2, -0.15) is 0 Å². The van der Waals surface area contributed by atoms with Crippen molar-refractivity contribution in [3.63, 3.8) is 0 Å². The Morgan fingerprint density at radius 2 is 1.83 bits per heavy atom. The fraction of sp³-hybridized carbons (Fsp3) is 0.625. The van der Waals surface area contributed by atoms with E-state index in [1.165, 1.54) is 37.8 Å². The molecular weight excluding hydrogens is 222 g/mol. The average Bonchev–Trinajstić information content (AvgIpc) is 3.28. The zero-order valence-corrected chi connectivity index (χ0v) is 11.2. The number of hydrogen-bond donors (Lipinski definition) is 1. The second kappa shape index (κ2) is 5.31. The Morgan fingerprint density at radius 3 is 2.44 bits per heavy atom. The third-order valence-electron chi connectivity index (χ3n) is 4.34. The van der Waals surface area contributed by atoms with Crippen molar-refractivity contribution in [3.8, 4) is 5.75 Å². The van der Waals surface area contributed by atoms with Crippen molar-refractivity contribution >= 4 is 0 Å². The molecule has 3 rings (SSSR count). The van der Waals surface area contributed by atoms with Crippen LogP contribution >= 0.6 is 0 Å². The molecule has 0 amide bonds. The van der Waals surface area contributed by atoms with Crippen LogP contribution in [0.15, 0.2) is 24.3 Å². The van der Waals surface area contributed by atoms with Crippen LogP contribution in [0.4, 0.5) is 0 Å². The molecule has 1 aromatic carbocycles. The largest absolute Gasteiger partial charge is 0.496 e. The Labute approximate surface area is 110 Å². The fourth-order valence-corrected chi connectivity index (χ4v) is 2.99. The van der Waals surface area contributed by atoms with Crippen LogP contribution in [0.2, 0.25) is 0 Å². The summed E-state index contributed by atoms with van der Waals surface area (Å²) in [6.45, 7) is 2.12. The van der Waals surface area contributed by atoms with Crippen molar-refractivity contribution in [1.29, 1.82) is 0 Å². The van der Waals surface area contributed by atoms with E-state index in [0.717, 1.165) is 30.0 Å². The van der Waals surface area contributed by atoms with E-state index >= 15 is 0 Å². The lowest BCUT2D eigenvalue weighted by Gasteiger charge is -2.17. The van der Waals surface area contributed by atoms with Crippen LogP contribution in [0.25, 0.3) is 0 Å². The SMILES string of the molecule is COc1ccccc1CNCC(C1CC1)C1CC1. The van der Waals surface area contributed by atoms with E-state index < -0.39 is 0 Å². The van der Waals surface area contributed by atoms with E-state index in [-0.39, 0.29) is 0 Å². The number of nitrogens with one attached hydrogen (secondary N) is 1. The summed E-state index contributed by atoms with van der Waals surface area (Å²) in [4.78, 5) is 0. The molecule has 98 valence electrons. The van der Waals surface area contributed by atoms with Gasteiger partial charge in [0.2, 0.25) is 0 Å². The molecular formula is C16H23NO. The Hall–Kier alpha value is -1.02. The maximum Gasteiger partial charge on any atom is 0.123 e. The molecule has 0 saturated heterocycles. The van der Waals surface area contributed by atoms with E-state index in [9.17, 15) is 0 Å². The zero-order chi connectivity index (χ0) is 12.4. The molecule has 2 fully saturated rings. The number of benzene rings is 1. The predicted octanol–water partition coefficient (Wildman–Crippen LogP) is 3.22. The molecule has 0 bridgehead atoms. The first kappa shape index (κ1) is 12.0. The Balaban J connectivity index is 1.51. The van der Waals surface area contributed by atoms with Crippen molar-refractivity contribution in [1.82, 2.24) is 5.32 Å². The van der Waals surface area contributed by atoms with Crippen molar-refractivity contribution in [2.45, 2.75) is 32.2 Å². The molecule has 18 heavy (non-hydrogen) atoms. The van der Waals surface area contributed by atoms with Gasteiger partial charge in [0.1, 0.15) is 5.75 Å². The summed E-state index contributed by atoms with van der Waals surface area (Å²) < 4.78 is 5.38. The van der Waals surface area contributed by atoms with Crippen LogP contribution < -0.4 is 10.1 Å². The summed E-state index contributed by atoms with van der Waals surface area (Å²) in [5.74, 6) is 4.00. The van der Waals surface area contributed by atoms with Gasteiger partial charge in [-0.15, -0.1) is 0 Å². The van der Waals surface area contributed by atoms with Crippen LogP contribution in [0, 0.1) is 17.8 Å². The fourth-order valence-electron chi connectivity index (χ4n) is 2.99. The van der Waals surface area contributed by atoms with Gasteiger partial charge >= 0.3 is 0 Å². The number of hydrogen-bond acceptors (Lipinski definition) is 2. The van der Waals surface area contributed by atoms with Gasteiger partial charge in [0.15, 0.2) is 0 Å². The van der Waals surface area contributed by atoms with Gasteiger partial charge in [-0.1, -0.05) is 18.2 Å². The van der Waals surface area contributed by atoms with E-state index in [2.05, 4.69) is 17.4 Å². The molecule has 0 unspecified atom stereocenters. The standard InChI is InChI=1S/C16H23NO/c1-18-16-5-3-2-4-14(16)10-17-11-15(12-6-7-12)13-8-9-13/h2-5,12-13,15,17H,6-11H2,1H3. The molecule has 0 heterocycles. The predicted molar refractivity (Wildman–Crippen MR) is 73.6 cm³/mol. The Kier molecular flexibility index (Phi) is 3.55. The van der Waals surface area contributed by atoms with Crippen LogP contribution in [-0.2, 0) is 6.54 Å². The second-order valence-electron chi connectivity index (χ2n) is 5.78. The second-order valence-corrected chi connectivity index (χ2v) is 5.78. The Bertz CT molecular complexity index is 384. The van der Waals surface area contributed by atoms with Crippen molar-refractivity contribution < 1.29 is 4.74 Å². The number of ether oxygens (including phenoxy) is 1. The van der Waals surface area contributed by atoms with Gasteiger partial charge in [0.05, 0.1) is 7.11 Å². The topological polar surface area (TPSA) is 21.3 Å². The molecule has 1 N–H and O–H groups in total. The monoisotopic (exact) mass is 245 g/mol. The lowest BCUT2D eigenvalue weighted by Crippen LogP contribution is -2.25. The van der Waals surface area contributed by atoms with Crippen LogP contribution in [0.3, 0.4) is 0 Å². The van der Waals surface area contributed by atoms with Gasteiger partial charge in [0, 0.05) is 12.1 Å². The minimum absolute atomic E-state index is 0.931. The number of methoxy groups -OCH3 is 1. The third-order valence-corrected chi connectivity index (χ3v) is 4.34. The highest BCUT2D eigenvalue weighted by molar-refractivity contribution is 5.32. The van der Waals surface area contributed by atoms with Crippen molar-refractivity contribution in [2.75, 3.05) is 13.7 Å². The molecule has 2 heteroatoms. The summed E-state index contributed by atoms with van der Waals surface area (Å²) in [6, 6.07) is 8.30. The van der Waals surface area contributed by atoms with E-state index in [4.69, 9.17) is 4.74 Å². The zero-order valence-electron chi connectivity index (χ0n) is 11.2. The van der Waals surface area contributed by atoms with Gasteiger partial charge in [0.25, 0.3) is 0 Å². The van der Waals surface area contributed by atoms with Gasteiger partial charge in [-0.3, -0.25) is 0 Å². The molecule has 2 aliphatic carbocycles. The Morgan fingerprint density at radius 1 is 1.17 bits per heavy atom. The summed E-state index contributed by atoms with van der Waals surface area (Å²) in [5.41, 5.74) is 1.27. The summed E-state index contributed by atoms with van der Waals surface area (Å²) in [7, 11) is 1.75. The third kappa shape index (κ3) is 2.86. The molecule has 1 aromatic rings. The molecule has 2 saturated carbocycles. The minimum atomic E-state index is 0.931. The lowest BCUT2D eigenvalue weighted by molar-refractivity contribution is 0.373. The summed E-state index contributed by atoms with van der Waals surface area (Å²) in [5, 5.41) is 3.64. The minimum Gasteiger partial charge on any atom is -0.496 e. The maximum absolute atomic E-state index is 5.38. The molecule has 0 radical (unpaired) electrons. The lowest BCUT2D eigenvalue weighted by atomic mass is 9.98. The van der Waals surface area contributed by atoms with E-state index in [0.29, 0.717) is 0 Å². The van der Waals surface area contributed by atoms with Crippen LogP contribution in [0.1, 0.15) is 31.2 Å². The van der Waals surface area contributed by atoms with Gasteiger partial charge in [-0.05, 0) is 56.0 Å². The molecule has 0 aromatic heterocycles. The summed E-state index contributed by atoms with van der Waals surface area (Å²) >= 11 is 0. The maximum atomic E-state index is 5.38. The van der Waals surface area contributed by atoms with Crippen molar-refractivity contribution in [3.05, 3.63) is 29.8 Å². The van der Waals surface area contributed by atoms with Crippen LogP contribution in [-0.4, -0.2) is 13.7 Å². The molecule has 2 aliphatic rings. The molecule has 0 atom stereocenters. The highest BCUT2D eigenvalue weighted by atomic mass is 16.5. The van der Waals surface area contributed by atoms with Gasteiger partial charge < -0.3 is 10.1 Å². The number of para-hydroxylation sites is 1. The molecule has 0 aliphatic heterocycles. The van der Waals surface area contributed by atoms with Crippen molar-refractivity contribution in [2.24, 2.45) is 17.8 Å². The quantitative estimate of drug-likeness (QED) is 0.796. The number of rotatable bonds is 7. The van der Waals surface area contributed by atoms with E-state index in [1.54, 1.807) is 7.11 Å². The normalized spacial score (nSPS) is 19.2. The van der Waals surface area contributed by atoms with E-state index in [1.807, 2.05) is 12.1 Å². The first-order valence-electron chi connectivity index (χ1n) is 7.21. The van der Waals surface area contributed by atoms with Gasteiger partial charge in [-0.25, -0.2) is 0 Å². The first-order valence-corrected chi connectivity index (χ1v) is 7.21. The van der Waals surface area contributed by atoms with Crippen LogP contribution in [0.5, 0.6) is 5.75 Å². The first-order chi connectivity index (χ1) is 8.88. The summed E-state index contributed by atoms with van der Waals surface area (Å²) in [6.07, 6.45) is 5.88.